The number of rotatable bonds is 46. The number of aliphatic hydroxyl groups excluding tert-OH is 2. The van der Waals surface area contributed by atoms with Gasteiger partial charge in [-0.2, -0.15) is 0 Å². The lowest BCUT2D eigenvalue weighted by molar-refractivity contribution is -0.301. The Kier molecular flexibility index (Phi) is 46.4. The van der Waals surface area contributed by atoms with E-state index in [2.05, 4.69) is 148 Å². The smallest absolute Gasteiger partial charge is 0.335 e. The normalized spacial score (nSPS) is 19.1. The van der Waals surface area contributed by atoms with Crippen LogP contribution in [0.15, 0.2) is 146 Å². The third kappa shape index (κ3) is 41.4. The van der Waals surface area contributed by atoms with Crippen LogP contribution in [0.5, 0.6) is 0 Å². The fourth-order valence-electron chi connectivity index (χ4n) is 7.62. The molecule has 1 saturated heterocycles. The number of carboxylic acids is 1. The minimum Gasteiger partial charge on any atom is -0.479 e. The molecule has 1 aliphatic heterocycles. The first-order chi connectivity index (χ1) is 37.6. The van der Waals surface area contributed by atoms with E-state index < -0.39 is 73.9 Å². The van der Waals surface area contributed by atoms with Crippen molar-refractivity contribution in [3.8, 4) is 0 Å². The van der Waals surface area contributed by atoms with Crippen molar-refractivity contribution in [2.45, 2.75) is 225 Å². The van der Waals surface area contributed by atoms with E-state index in [9.17, 15) is 34.5 Å². The van der Waals surface area contributed by atoms with Gasteiger partial charge in [-0.1, -0.05) is 199 Å². The molecule has 0 radical (unpaired) electrons. The van der Waals surface area contributed by atoms with E-state index >= 15 is 0 Å². The maximum absolute atomic E-state index is 13.1. The topological polar surface area (TPSA) is 175 Å². The number of hydrogen-bond donors (Lipinski definition) is 3. The number of allylic oxidation sites excluding steroid dienone is 23. The van der Waals surface area contributed by atoms with Crippen LogP contribution < -0.4 is 0 Å². The zero-order chi connectivity index (χ0) is 56.1. The summed E-state index contributed by atoms with van der Waals surface area (Å²) in [6.07, 6.45) is 61.3. The number of unbranched alkanes of at least 4 members (excludes halogenated alkanes) is 9. The molecule has 0 aromatic heterocycles. The Balaban J connectivity index is 2.79. The summed E-state index contributed by atoms with van der Waals surface area (Å²) in [5.41, 5.74) is 0. The van der Waals surface area contributed by atoms with E-state index in [1.807, 2.05) is 12.2 Å². The highest BCUT2D eigenvalue weighted by Gasteiger charge is 2.50. The van der Waals surface area contributed by atoms with Gasteiger partial charge in [-0.05, 0) is 116 Å². The Hall–Kier alpha value is -5.40. The van der Waals surface area contributed by atoms with E-state index in [4.69, 9.17) is 23.7 Å². The van der Waals surface area contributed by atoms with Gasteiger partial charge in [-0.3, -0.25) is 14.4 Å². The zero-order valence-electron chi connectivity index (χ0n) is 47.1. The van der Waals surface area contributed by atoms with Gasteiger partial charge in [0.1, 0.15) is 18.8 Å². The van der Waals surface area contributed by atoms with Crippen LogP contribution in [0.3, 0.4) is 0 Å². The molecule has 77 heavy (non-hydrogen) atoms. The van der Waals surface area contributed by atoms with Crippen LogP contribution >= 0.6 is 0 Å². The number of hydrogen-bond acceptors (Lipinski definition) is 11. The molecule has 1 aliphatic rings. The Morgan fingerprint density at radius 3 is 1.27 bits per heavy atom. The highest BCUT2D eigenvalue weighted by Crippen LogP contribution is 2.26. The molecule has 12 heteroatoms. The van der Waals surface area contributed by atoms with Gasteiger partial charge < -0.3 is 39.0 Å². The predicted molar refractivity (Wildman–Crippen MR) is 312 cm³/mol. The predicted octanol–water partition coefficient (Wildman–Crippen LogP) is 14.8. The largest absolute Gasteiger partial charge is 0.479 e. The molecular weight excluding hydrogens is 973 g/mol. The van der Waals surface area contributed by atoms with Crippen molar-refractivity contribution in [3.63, 3.8) is 0 Å². The van der Waals surface area contributed by atoms with Gasteiger partial charge in [0.25, 0.3) is 0 Å². The molecule has 0 spiro atoms. The third-order valence-electron chi connectivity index (χ3n) is 11.9. The van der Waals surface area contributed by atoms with Crippen LogP contribution in [0.2, 0.25) is 0 Å². The van der Waals surface area contributed by atoms with Crippen molar-refractivity contribution in [3.05, 3.63) is 146 Å². The molecule has 0 saturated carbocycles. The zero-order valence-corrected chi connectivity index (χ0v) is 47.1. The van der Waals surface area contributed by atoms with E-state index in [0.717, 1.165) is 128 Å². The van der Waals surface area contributed by atoms with Crippen molar-refractivity contribution in [2.75, 3.05) is 13.2 Å². The first-order valence-electron chi connectivity index (χ1n) is 28.8. The molecule has 0 aromatic carbocycles. The first-order valence-corrected chi connectivity index (χ1v) is 28.8. The van der Waals surface area contributed by atoms with Gasteiger partial charge in [0, 0.05) is 12.8 Å². The number of ether oxygens (including phenoxy) is 5. The number of esters is 3. The molecule has 0 bridgehead atoms. The maximum Gasteiger partial charge on any atom is 0.335 e. The number of aliphatic hydroxyl groups is 2. The minimum atomic E-state index is -1.93. The standard InChI is InChI=1S/C65H98O12/c1-4-7-10-13-16-19-22-25-28-29-32-35-38-41-44-47-50-53-59(68)76-63-61(70)60(69)62(64(71)72)77-65(63)74-55-56(75-58(67)52-49-46-43-40-37-34-31-27-24-21-18-15-12-9-6-3)54-73-57(66)51-48-45-42-39-36-33-30-26-23-20-17-14-11-8-5-2/h7-12,16-21,25-28,30-31,36-37,39-40,45,48,56,60-63,65,69-70H,4-6,13-15,22-24,29,32-35,38,41-44,46-47,49-55H2,1-3H3,(H,71,72)/b10-7-,11-8-,12-9-,19-16-,20-17-,21-18-,28-25-,30-26-,31-27-,39-36-,40-37-,48-45-. The summed E-state index contributed by atoms with van der Waals surface area (Å²) in [6.45, 7) is 5.50. The lowest BCUT2D eigenvalue weighted by Crippen LogP contribution is -2.61. The summed E-state index contributed by atoms with van der Waals surface area (Å²) in [5.74, 6) is -3.38. The molecule has 0 aromatic rings. The lowest BCUT2D eigenvalue weighted by atomic mass is 9.98. The van der Waals surface area contributed by atoms with Crippen molar-refractivity contribution in [2.24, 2.45) is 0 Å². The summed E-state index contributed by atoms with van der Waals surface area (Å²) in [7, 11) is 0. The first kappa shape index (κ1) is 69.6. The minimum absolute atomic E-state index is 0.0267. The highest BCUT2D eigenvalue weighted by atomic mass is 16.7. The fraction of sp³-hybridized carbons (Fsp3) is 0.569. The Morgan fingerprint density at radius 1 is 0.442 bits per heavy atom. The fourth-order valence-corrected chi connectivity index (χ4v) is 7.62. The average molecular weight is 1070 g/mol. The SMILES string of the molecule is CC/C=C\C/C=C\C/C=C\C/C=C\C/C=C\CC(=O)OCC(COC1OC(C(=O)O)C(O)C(O)C1OC(=O)CCCCCCCCC/C=C\C/C=C\C/C=C\CC)OC(=O)CCCC/C=C\C/C=C\C/C=C\C/C=C\CC. The summed E-state index contributed by atoms with van der Waals surface area (Å²) in [5, 5.41) is 31.5. The summed E-state index contributed by atoms with van der Waals surface area (Å²) < 4.78 is 28.2. The quantitative estimate of drug-likeness (QED) is 0.0228. The van der Waals surface area contributed by atoms with Gasteiger partial charge in [-0.25, -0.2) is 4.79 Å². The van der Waals surface area contributed by atoms with E-state index in [-0.39, 0.29) is 19.3 Å². The Morgan fingerprint density at radius 2 is 0.818 bits per heavy atom. The number of carboxylic acid groups (broad SMARTS) is 1. The second kappa shape index (κ2) is 51.4. The van der Waals surface area contributed by atoms with Gasteiger partial charge in [0.15, 0.2) is 24.6 Å². The molecular formula is C65H98O12. The average Bonchev–Trinajstić information content (AvgIpc) is 3.42. The molecule has 0 amide bonds. The van der Waals surface area contributed by atoms with Crippen LogP contribution in [0.25, 0.3) is 0 Å². The molecule has 1 fully saturated rings. The number of aliphatic carboxylic acids is 1. The highest BCUT2D eigenvalue weighted by molar-refractivity contribution is 5.74. The molecule has 6 unspecified atom stereocenters. The molecule has 1 heterocycles. The van der Waals surface area contributed by atoms with Crippen LogP contribution in [0.4, 0.5) is 0 Å². The van der Waals surface area contributed by atoms with Gasteiger partial charge in [0.2, 0.25) is 0 Å². The van der Waals surface area contributed by atoms with E-state index in [0.29, 0.717) is 19.3 Å². The van der Waals surface area contributed by atoms with Gasteiger partial charge >= 0.3 is 23.9 Å². The van der Waals surface area contributed by atoms with Crippen molar-refractivity contribution in [1.82, 2.24) is 0 Å². The van der Waals surface area contributed by atoms with E-state index in [1.54, 1.807) is 6.08 Å². The monoisotopic (exact) mass is 1070 g/mol. The molecule has 3 N–H and O–H groups in total. The second-order valence-electron chi connectivity index (χ2n) is 18.8. The summed E-state index contributed by atoms with van der Waals surface area (Å²) in [6, 6.07) is 0. The molecule has 1 rings (SSSR count). The third-order valence-corrected chi connectivity index (χ3v) is 11.9. The van der Waals surface area contributed by atoms with Crippen LogP contribution in [0.1, 0.15) is 188 Å². The Bertz CT molecular complexity index is 1890. The van der Waals surface area contributed by atoms with Crippen molar-refractivity contribution in [1.29, 1.82) is 0 Å². The number of carbonyl (C=O) groups is 4. The molecule has 0 aliphatic carbocycles. The Labute approximate surface area is 463 Å². The van der Waals surface area contributed by atoms with Crippen LogP contribution in [-0.2, 0) is 42.9 Å². The van der Waals surface area contributed by atoms with E-state index in [1.165, 1.54) is 0 Å². The molecule has 12 nitrogen and oxygen atoms in total. The van der Waals surface area contributed by atoms with Crippen molar-refractivity contribution >= 4 is 23.9 Å². The lowest BCUT2D eigenvalue weighted by Gasteiger charge is -2.40. The van der Waals surface area contributed by atoms with Crippen LogP contribution in [-0.4, -0.2) is 89.2 Å². The summed E-state index contributed by atoms with van der Waals surface area (Å²) in [4.78, 5) is 51.0. The second-order valence-corrected chi connectivity index (χ2v) is 18.8. The number of carbonyl (C=O) groups excluding carboxylic acids is 3. The maximum atomic E-state index is 13.1. The van der Waals surface area contributed by atoms with Crippen LogP contribution in [0, 0.1) is 0 Å². The van der Waals surface area contributed by atoms with Gasteiger partial charge in [-0.15, -0.1) is 0 Å². The van der Waals surface area contributed by atoms with Gasteiger partial charge in [0.05, 0.1) is 13.0 Å². The molecule has 6 atom stereocenters. The summed E-state index contributed by atoms with van der Waals surface area (Å²) >= 11 is 0. The van der Waals surface area contributed by atoms with Crippen molar-refractivity contribution < 1.29 is 58.2 Å². The molecule has 430 valence electrons.